The van der Waals surface area contributed by atoms with E-state index >= 15 is 0 Å². The number of amides is 2. The van der Waals surface area contributed by atoms with Crippen LogP contribution in [0.5, 0.6) is 0 Å². The second-order valence-corrected chi connectivity index (χ2v) is 3.42. The van der Waals surface area contributed by atoms with E-state index in [2.05, 4.69) is 5.23 Å². The van der Waals surface area contributed by atoms with Crippen LogP contribution < -0.4 is 11.0 Å². The molecule has 0 heterocycles. The van der Waals surface area contributed by atoms with Crippen molar-refractivity contribution in [1.29, 1.82) is 0 Å². The predicted molar refractivity (Wildman–Crippen MR) is 51.6 cm³/mol. The average molecular weight is 197 g/mol. The molecule has 1 fully saturated rings. The highest BCUT2D eigenvalue weighted by atomic mass is 16.2. The van der Waals surface area contributed by atoms with Gasteiger partial charge < -0.3 is 11.0 Å². The molecule has 3 N–H and O–H groups in total. The van der Waals surface area contributed by atoms with Gasteiger partial charge in [0.05, 0.1) is 11.8 Å². The molecule has 2 amide bonds. The number of ketones is 1. The lowest BCUT2D eigenvalue weighted by atomic mass is 9.91. The van der Waals surface area contributed by atoms with Crippen molar-refractivity contribution in [2.75, 3.05) is 0 Å². The van der Waals surface area contributed by atoms with E-state index in [0.717, 1.165) is 0 Å². The molecule has 0 spiro atoms. The van der Waals surface area contributed by atoms with Gasteiger partial charge in [0.25, 0.3) is 0 Å². The molecule has 0 saturated heterocycles. The highest BCUT2D eigenvalue weighted by Crippen LogP contribution is 2.28. The van der Waals surface area contributed by atoms with Crippen molar-refractivity contribution in [2.45, 2.75) is 19.7 Å². The largest absolute Gasteiger partial charge is 0.402 e. The molecule has 2 atom stereocenters. The molecule has 0 unspecified atom stereocenters. The third-order valence-corrected chi connectivity index (χ3v) is 2.41. The molecule has 6 heteroatoms. The third kappa shape index (κ3) is 2.13. The van der Waals surface area contributed by atoms with E-state index in [9.17, 15) is 14.4 Å². The maximum Gasteiger partial charge on any atom is 0.232 e. The van der Waals surface area contributed by atoms with Crippen LogP contribution in [0, 0.1) is 11.8 Å². The first kappa shape index (κ1) is 9.24. The van der Waals surface area contributed by atoms with Crippen LogP contribution in [-0.2, 0) is 14.4 Å². The smallest absolute Gasteiger partial charge is 0.232 e. The van der Waals surface area contributed by atoms with Crippen LogP contribution >= 0.6 is 0 Å². The maximum absolute atomic E-state index is 11.5. The van der Waals surface area contributed by atoms with Crippen LogP contribution in [0.15, 0.2) is 0 Å². The predicted octanol–water partition coefficient (Wildman–Crippen LogP) is -1.42. The van der Waals surface area contributed by atoms with Gasteiger partial charge in [-0.25, -0.2) is 0 Å². The average Bonchev–Trinajstić information content (AvgIpc) is 2.59. The van der Waals surface area contributed by atoms with Gasteiger partial charge in [0, 0.05) is 12.8 Å². The van der Waals surface area contributed by atoms with Gasteiger partial charge >= 0.3 is 0 Å². The SMILES string of the molecule is [2H]NC(=O)[C@H]1CC(=O)C[C@@H]1C(=O)NBC. The number of hydrogen-bond donors (Lipinski definition) is 2. The molecule has 0 aromatic heterocycles. The van der Waals surface area contributed by atoms with E-state index in [-0.39, 0.29) is 24.5 Å². The highest BCUT2D eigenvalue weighted by molar-refractivity contribution is 6.35. The van der Waals surface area contributed by atoms with Crippen LogP contribution in [0.4, 0.5) is 0 Å². The molecule has 0 aromatic rings. The summed E-state index contributed by atoms with van der Waals surface area (Å²) in [5.41, 5.74) is 1.73. The van der Waals surface area contributed by atoms with Crippen molar-refractivity contribution in [2.24, 2.45) is 17.6 Å². The molecule has 1 aliphatic rings. The number of primary amides is 1. The molecule has 1 aliphatic carbocycles. The summed E-state index contributed by atoms with van der Waals surface area (Å²) in [6, 6.07) is 0. The second kappa shape index (κ2) is 4.26. The van der Waals surface area contributed by atoms with E-state index in [1.54, 1.807) is 12.5 Å². The number of nitrogens with two attached hydrogens (primary N) is 1. The van der Waals surface area contributed by atoms with Gasteiger partial charge in [-0.1, -0.05) is 6.82 Å². The van der Waals surface area contributed by atoms with E-state index in [0.29, 0.717) is 7.41 Å². The molecule has 0 aliphatic heterocycles. The number of carbonyl (C=O) groups is 3. The first-order chi connectivity index (χ1) is 7.10. The minimum absolute atomic E-state index is 0.0620. The summed E-state index contributed by atoms with van der Waals surface area (Å²) in [6.45, 7) is 1.77. The number of hydrogen-bond acceptors (Lipinski definition) is 3. The molecule has 0 aromatic carbocycles. The normalized spacial score (nSPS) is 26.6. The van der Waals surface area contributed by atoms with Gasteiger partial charge in [-0.05, 0) is 0 Å². The Balaban J connectivity index is 2.72. The Bertz CT molecular complexity index is 298. The Kier molecular flexibility index (Phi) is 2.81. The molecule has 5 nitrogen and oxygen atoms in total. The Morgan fingerprint density at radius 3 is 2.79 bits per heavy atom. The van der Waals surface area contributed by atoms with Gasteiger partial charge in [0.15, 0.2) is 1.41 Å². The maximum atomic E-state index is 11.5. The standard InChI is InChI=1S/C8H13BN2O3/c1-9-11-8(14)6-3-4(12)2-5(6)7(10)13/h5-6,9H,2-3H2,1H3,(H2,10,13)(H,11,14)/t5-,6-/m0/s1/i/hD. The number of carbonyl (C=O) groups excluding carboxylic acids is 3. The van der Waals surface area contributed by atoms with Crippen LogP contribution in [0.3, 0.4) is 0 Å². The fourth-order valence-corrected chi connectivity index (χ4v) is 1.71. The topological polar surface area (TPSA) is 89.3 Å². The molecular weight excluding hydrogens is 183 g/mol. The Hall–Kier alpha value is -1.33. The summed E-state index contributed by atoms with van der Waals surface area (Å²) in [6.07, 6.45) is 0.163. The van der Waals surface area contributed by atoms with Gasteiger partial charge in [-0.3, -0.25) is 14.4 Å². The Morgan fingerprint density at radius 1 is 1.57 bits per heavy atom. The fraction of sp³-hybridized carbons (Fsp3) is 0.625. The van der Waals surface area contributed by atoms with Gasteiger partial charge in [0.1, 0.15) is 5.78 Å². The quantitative estimate of drug-likeness (QED) is 0.544. The summed E-state index contributed by atoms with van der Waals surface area (Å²) in [5, 5.41) is 2.58. The molecule has 76 valence electrons. The Morgan fingerprint density at radius 2 is 2.21 bits per heavy atom. The molecular formula is C8H13BN2O3. The van der Waals surface area contributed by atoms with Gasteiger partial charge in [0.2, 0.25) is 19.2 Å². The zero-order chi connectivity index (χ0) is 11.4. The zero-order valence-corrected chi connectivity index (χ0v) is 8.00. The summed E-state index contributed by atoms with van der Waals surface area (Å²) in [7, 11) is 0.471. The van der Waals surface area contributed by atoms with E-state index in [1.165, 1.54) is 0 Å². The summed E-state index contributed by atoms with van der Waals surface area (Å²) >= 11 is 0. The molecule has 0 radical (unpaired) electrons. The second-order valence-electron chi connectivity index (χ2n) is 3.42. The molecule has 1 saturated carbocycles. The van der Waals surface area contributed by atoms with E-state index < -0.39 is 17.7 Å². The molecule has 14 heavy (non-hydrogen) atoms. The van der Waals surface area contributed by atoms with Crippen molar-refractivity contribution in [3.63, 3.8) is 0 Å². The monoisotopic (exact) mass is 197 g/mol. The molecule has 1 rings (SSSR count). The highest BCUT2D eigenvalue weighted by Gasteiger charge is 2.40. The minimum atomic E-state index is -0.679. The lowest BCUT2D eigenvalue weighted by Crippen LogP contribution is -2.38. The fourth-order valence-electron chi connectivity index (χ4n) is 1.71. The number of nitrogens with one attached hydrogen (secondary N) is 1. The van der Waals surface area contributed by atoms with Crippen molar-refractivity contribution in [3.8, 4) is 0 Å². The summed E-state index contributed by atoms with van der Waals surface area (Å²) in [4.78, 5) is 33.9. The van der Waals surface area contributed by atoms with Crippen molar-refractivity contribution in [1.82, 2.24) is 5.23 Å². The van der Waals surface area contributed by atoms with Crippen LogP contribution in [0.2, 0.25) is 8.23 Å². The van der Waals surface area contributed by atoms with E-state index in [1.807, 2.05) is 0 Å². The minimum Gasteiger partial charge on any atom is -0.402 e. The summed E-state index contributed by atoms with van der Waals surface area (Å²) in [5.74, 6) is -2.22. The van der Waals surface area contributed by atoms with Crippen LogP contribution in [0.25, 0.3) is 0 Å². The van der Waals surface area contributed by atoms with Crippen molar-refractivity contribution in [3.05, 3.63) is 0 Å². The lowest BCUT2D eigenvalue weighted by molar-refractivity contribution is -0.131. The van der Waals surface area contributed by atoms with Crippen molar-refractivity contribution >= 4 is 25.0 Å². The van der Waals surface area contributed by atoms with Gasteiger partial charge in [-0.15, -0.1) is 0 Å². The third-order valence-electron chi connectivity index (χ3n) is 2.41. The van der Waals surface area contributed by atoms with Crippen LogP contribution in [0.1, 0.15) is 12.8 Å². The zero-order valence-electron chi connectivity index (χ0n) is 9.00. The molecule has 0 bridgehead atoms. The van der Waals surface area contributed by atoms with Crippen LogP contribution in [-0.4, -0.2) is 25.0 Å². The first-order valence-corrected chi connectivity index (χ1v) is 4.61. The Labute approximate surface area is 84.1 Å². The summed E-state index contributed by atoms with van der Waals surface area (Å²) < 4.78 is 6.73. The van der Waals surface area contributed by atoms with Crippen molar-refractivity contribution < 1.29 is 15.8 Å². The first-order valence-electron chi connectivity index (χ1n) is 5.11. The van der Waals surface area contributed by atoms with E-state index in [4.69, 9.17) is 1.41 Å². The number of Topliss-reactive ketones (excluding diaryl/α,β-unsaturated/α-hetero) is 1. The number of rotatable bonds is 3. The van der Waals surface area contributed by atoms with Gasteiger partial charge in [-0.2, -0.15) is 0 Å². The lowest BCUT2D eigenvalue weighted by Gasteiger charge is -2.14.